The average molecular weight is 595 g/mol. The Kier molecular flexibility index (Phi) is 17.8. The van der Waals surface area contributed by atoms with Gasteiger partial charge in [-0.1, -0.05) is 34.6 Å². The highest BCUT2D eigenvalue weighted by molar-refractivity contribution is 4.84. The minimum atomic E-state index is -0.0926. The summed E-state index contributed by atoms with van der Waals surface area (Å²) in [6, 6.07) is 0. The second-order valence-corrected chi connectivity index (χ2v) is 13.6. The molecule has 2 aliphatic carbocycles. The lowest BCUT2D eigenvalue weighted by Crippen LogP contribution is -2.44. The first kappa shape index (κ1) is 36.2. The zero-order valence-corrected chi connectivity index (χ0v) is 28.3. The Morgan fingerprint density at radius 1 is 0.548 bits per heavy atom. The molecule has 2 saturated carbocycles. The highest BCUT2D eigenvalue weighted by Crippen LogP contribution is 2.32. The third kappa shape index (κ3) is 13.0. The van der Waals surface area contributed by atoms with E-state index in [0.29, 0.717) is 24.4 Å². The lowest BCUT2D eigenvalue weighted by Gasteiger charge is -2.40. The molecule has 6 aliphatic rings. The number of nitrogens with zero attached hydrogens (tertiary/aromatic N) is 2. The summed E-state index contributed by atoms with van der Waals surface area (Å²) in [7, 11) is 0. The number of ether oxygens (including phenoxy) is 2. The second-order valence-electron chi connectivity index (χ2n) is 13.6. The lowest BCUT2D eigenvalue weighted by molar-refractivity contribution is -0.117. The van der Waals surface area contributed by atoms with Gasteiger partial charge in [-0.05, 0) is 121 Å². The Labute approximate surface area is 260 Å². The molecule has 0 aromatic carbocycles. The molecule has 6 fully saturated rings. The van der Waals surface area contributed by atoms with Gasteiger partial charge in [0.1, 0.15) is 0 Å². The first-order valence-corrected chi connectivity index (χ1v) is 18.4. The molecule has 4 saturated heterocycles. The second kappa shape index (κ2) is 20.7. The minimum absolute atomic E-state index is 0.0926. The molecule has 7 nitrogen and oxygen atoms in total. The van der Waals surface area contributed by atoms with E-state index < -0.39 is 0 Å². The van der Waals surface area contributed by atoms with Crippen molar-refractivity contribution in [1.29, 1.82) is 0 Å². The molecule has 6 rings (SSSR count). The predicted octanol–water partition coefficient (Wildman–Crippen LogP) is 5.31. The summed E-state index contributed by atoms with van der Waals surface area (Å²) in [5, 5.41) is 16.2. The highest BCUT2D eigenvalue weighted by atomic mass is 16.5. The number of rotatable bonds is 8. The van der Waals surface area contributed by atoms with Gasteiger partial charge in [-0.2, -0.15) is 0 Å². The average Bonchev–Trinajstić information content (AvgIpc) is 3.01. The van der Waals surface area contributed by atoms with Crippen LogP contribution in [-0.2, 0) is 9.47 Å². The van der Waals surface area contributed by atoms with Gasteiger partial charge in [-0.25, -0.2) is 0 Å². The summed E-state index contributed by atoms with van der Waals surface area (Å²) in [4.78, 5) is 5.31. The number of likely N-dealkylation sites (tertiary alicyclic amines) is 2. The summed E-state index contributed by atoms with van der Waals surface area (Å²) >= 11 is 0. The van der Waals surface area contributed by atoms with Crippen LogP contribution >= 0.6 is 0 Å². The van der Waals surface area contributed by atoms with Crippen LogP contribution in [0, 0.1) is 17.8 Å². The SMILES string of the molecule is CC.CC.CC1CC(OC2CCN(CC3CCNCC3)CC2)C1.OC1CC(OC2CCN(CC3CCNCC3)CC2)C1. The molecule has 0 bridgehead atoms. The minimum Gasteiger partial charge on any atom is -0.393 e. The zero-order chi connectivity index (χ0) is 30.2. The number of aliphatic hydroxyl groups excluding tert-OH is 1. The van der Waals surface area contributed by atoms with Gasteiger partial charge in [0.25, 0.3) is 0 Å². The zero-order valence-electron chi connectivity index (χ0n) is 28.3. The Hall–Kier alpha value is -0.280. The fourth-order valence-corrected chi connectivity index (χ4v) is 7.45. The maximum Gasteiger partial charge on any atom is 0.0628 e. The van der Waals surface area contributed by atoms with Crippen molar-refractivity contribution in [2.24, 2.45) is 17.8 Å². The van der Waals surface area contributed by atoms with E-state index in [4.69, 9.17) is 9.47 Å². The van der Waals surface area contributed by atoms with E-state index in [1.807, 2.05) is 27.7 Å². The van der Waals surface area contributed by atoms with Crippen molar-refractivity contribution in [1.82, 2.24) is 20.4 Å². The number of piperidine rings is 4. The number of aliphatic hydroxyl groups is 1. The fourth-order valence-electron chi connectivity index (χ4n) is 7.45. The van der Waals surface area contributed by atoms with Gasteiger partial charge in [-0.3, -0.25) is 0 Å². The van der Waals surface area contributed by atoms with Crippen molar-refractivity contribution in [3.8, 4) is 0 Å². The smallest absolute Gasteiger partial charge is 0.0628 e. The van der Waals surface area contributed by atoms with E-state index in [0.717, 1.165) is 30.6 Å². The van der Waals surface area contributed by atoms with Crippen LogP contribution in [0.5, 0.6) is 0 Å². The van der Waals surface area contributed by atoms with Crippen LogP contribution in [0.4, 0.5) is 0 Å². The molecule has 0 aromatic rings. The van der Waals surface area contributed by atoms with Gasteiger partial charge in [0.05, 0.1) is 30.5 Å². The van der Waals surface area contributed by atoms with Crippen LogP contribution in [0.1, 0.15) is 112 Å². The van der Waals surface area contributed by atoms with Gasteiger partial charge in [0.2, 0.25) is 0 Å². The van der Waals surface area contributed by atoms with Gasteiger partial charge >= 0.3 is 0 Å². The van der Waals surface area contributed by atoms with E-state index >= 15 is 0 Å². The van der Waals surface area contributed by atoms with Gasteiger partial charge in [-0.15, -0.1) is 0 Å². The monoisotopic (exact) mass is 595 g/mol. The summed E-state index contributed by atoms with van der Waals surface area (Å²) in [5.41, 5.74) is 0. The highest BCUT2D eigenvalue weighted by Gasteiger charge is 2.32. The molecule has 0 spiro atoms. The quantitative estimate of drug-likeness (QED) is 0.352. The molecule has 0 unspecified atom stereocenters. The van der Waals surface area contributed by atoms with Crippen molar-refractivity contribution in [2.75, 3.05) is 65.4 Å². The third-order valence-electron chi connectivity index (χ3n) is 10.2. The third-order valence-corrected chi connectivity index (χ3v) is 10.2. The van der Waals surface area contributed by atoms with Crippen molar-refractivity contribution in [3.63, 3.8) is 0 Å². The topological polar surface area (TPSA) is 69.2 Å². The maximum absolute atomic E-state index is 9.28. The number of hydrogen-bond donors (Lipinski definition) is 3. The molecule has 4 heterocycles. The Bertz CT molecular complexity index is 589. The maximum atomic E-state index is 9.28. The van der Waals surface area contributed by atoms with E-state index in [2.05, 4.69) is 27.4 Å². The predicted molar refractivity (Wildman–Crippen MR) is 176 cm³/mol. The first-order valence-electron chi connectivity index (χ1n) is 18.4. The van der Waals surface area contributed by atoms with Crippen molar-refractivity contribution in [3.05, 3.63) is 0 Å². The molecule has 42 heavy (non-hydrogen) atoms. The number of nitrogens with one attached hydrogen (secondary N) is 2. The van der Waals surface area contributed by atoms with Gasteiger partial charge < -0.3 is 35.0 Å². The van der Waals surface area contributed by atoms with Crippen LogP contribution < -0.4 is 10.6 Å². The summed E-state index contributed by atoms with van der Waals surface area (Å²) in [5.74, 6) is 2.75. The molecule has 248 valence electrons. The van der Waals surface area contributed by atoms with E-state index in [1.54, 1.807) is 0 Å². The summed E-state index contributed by atoms with van der Waals surface area (Å²) in [6.45, 7) is 22.7. The molecule has 0 radical (unpaired) electrons. The van der Waals surface area contributed by atoms with E-state index in [1.165, 1.54) is 130 Å². The largest absolute Gasteiger partial charge is 0.393 e. The summed E-state index contributed by atoms with van der Waals surface area (Å²) < 4.78 is 12.2. The molecule has 4 aliphatic heterocycles. The standard InChI is InChI=1S/C16H30N2O.C15H28N2O2.2C2H6/c1-13-10-16(11-13)19-15-4-8-18(9-5-15)12-14-2-6-17-7-3-14;18-13-9-15(10-13)19-14-3-7-17(8-4-14)11-12-1-5-16-6-2-12;2*1-2/h13-17H,2-12H2,1H3;12-16,18H,1-11H2;2*1-2H3. The molecule has 0 aromatic heterocycles. The fraction of sp³-hybridized carbons (Fsp3) is 1.00. The first-order chi connectivity index (χ1) is 20.6. The Balaban J connectivity index is 0.000000206. The van der Waals surface area contributed by atoms with Crippen LogP contribution in [0.25, 0.3) is 0 Å². The molecule has 3 N–H and O–H groups in total. The van der Waals surface area contributed by atoms with Crippen molar-refractivity contribution in [2.45, 2.75) is 142 Å². The number of hydrogen-bond acceptors (Lipinski definition) is 7. The van der Waals surface area contributed by atoms with Crippen LogP contribution in [0.2, 0.25) is 0 Å². The lowest BCUT2D eigenvalue weighted by atomic mass is 9.84. The molecular weight excluding hydrogens is 524 g/mol. The Morgan fingerprint density at radius 3 is 1.24 bits per heavy atom. The van der Waals surface area contributed by atoms with E-state index in [-0.39, 0.29) is 6.10 Å². The normalized spacial score (nSPS) is 32.1. The van der Waals surface area contributed by atoms with Gasteiger partial charge in [0, 0.05) is 39.3 Å². The van der Waals surface area contributed by atoms with Crippen molar-refractivity contribution >= 4 is 0 Å². The summed E-state index contributed by atoms with van der Waals surface area (Å²) in [6.07, 6.45) is 16.5. The van der Waals surface area contributed by atoms with Crippen LogP contribution in [0.15, 0.2) is 0 Å². The van der Waals surface area contributed by atoms with Crippen molar-refractivity contribution < 1.29 is 14.6 Å². The molecule has 0 amide bonds. The molecular formula is C35H70N4O3. The Morgan fingerprint density at radius 2 is 0.905 bits per heavy atom. The molecule has 7 heteroatoms. The van der Waals surface area contributed by atoms with Crippen LogP contribution in [-0.4, -0.2) is 111 Å². The van der Waals surface area contributed by atoms with Gasteiger partial charge in [0.15, 0.2) is 0 Å². The van der Waals surface area contributed by atoms with Crippen LogP contribution in [0.3, 0.4) is 0 Å². The molecule has 0 atom stereocenters. The van der Waals surface area contributed by atoms with E-state index in [9.17, 15) is 5.11 Å².